The molecule has 2 aromatic heterocycles. The molecule has 25 heavy (non-hydrogen) atoms. The molecule has 0 saturated heterocycles. The van der Waals surface area contributed by atoms with Crippen LogP contribution in [0.3, 0.4) is 0 Å². The molecule has 2 heterocycles. The zero-order valence-electron chi connectivity index (χ0n) is 15.1. The Morgan fingerprint density at radius 1 is 0.880 bits per heavy atom. The van der Waals surface area contributed by atoms with Crippen LogP contribution in [0.1, 0.15) is 37.2 Å². The summed E-state index contributed by atoms with van der Waals surface area (Å²) >= 11 is 0. The van der Waals surface area contributed by atoms with E-state index in [1.165, 1.54) is 11.3 Å². The van der Waals surface area contributed by atoms with E-state index in [0.29, 0.717) is 5.41 Å². The molecule has 0 radical (unpaired) electrons. The number of pyridine rings is 1. The highest BCUT2D eigenvalue weighted by Crippen LogP contribution is 2.38. The van der Waals surface area contributed by atoms with Crippen LogP contribution in [0.5, 0.6) is 0 Å². The summed E-state index contributed by atoms with van der Waals surface area (Å²) in [5.41, 5.74) is 6.85. The monoisotopic (exact) mass is 329 g/mol. The van der Waals surface area contributed by atoms with Gasteiger partial charge in [0.05, 0.1) is 5.69 Å². The van der Waals surface area contributed by atoms with E-state index in [1.807, 2.05) is 31.2 Å². The number of aryl methyl sites for hydroxylation is 2. The summed E-state index contributed by atoms with van der Waals surface area (Å²) in [5, 5.41) is 0. The van der Waals surface area contributed by atoms with Crippen molar-refractivity contribution in [3.8, 4) is 22.8 Å². The van der Waals surface area contributed by atoms with Crippen molar-refractivity contribution in [3.63, 3.8) is 0 Å². The Hall–Kier alpha value is -2.55. The summed E-state index contributed by atoms with van der Waals surface area (Å²) in [6.45, 7) is 6.67. The summed E-state index contributed by atoms with van der Waals surface area (Å²) in [5.74, 6) is 0.737. The molecule has 0 bridgehead atoms. The number of benzene rings is 1. The average Bonchev–Trinajstić information content (AvgIpc) is 2.61. The number of hydrogen-bond acceptors (Lipinski definition) is 3. The largest absolute Gasteiger partial charge is 0.250 e. The normalized spacial score (nSPS) is 15.6. The summed E-state index contributed by atoms with van der Waals surface area (Å²) in [4.78, 5) is 14.5. The molecule has 4 rings (SSSR count). The predicted octanol–water partition coefficient (Wildman–Crippen LogP) is 5.03. The molecule has 1 aliphatic rings. The van der Waals surface area contributed by atoms with Crippen LogP contribution in [0.15, 0.2) is 48.5 Å². The lowest BCUT2D eigenvalue weighted by molar-refractivity contribution is 0.312. The third-order valence-electron chi connectivity index (χ3n) is 4.95. The van der Waals surface area contributed by atoms with Gasteiger partial charge in [-0.05, 0) is 43.7 Å². The van der Waals surface area contributed by atoms with E-state index in [9.17, 15) is 0 Å². The lowest BCUT2D eigenvalue weighted by Crippen LogP contribution is -2.24. The second-order valence-electron chi connectivity index (χ2n) is 7.69. The lowest BCUT2D eigenvalue weighted by atomic mass is 9.75. The lowest BCUT2D eigenvalue weighted by Gasteiger charge is -2.32. The summed E-state index contributed by atoms with van der Waals surface area (Å²) < 4.78 is 0. The highest BCUT2D eigenvalue weighted by Gasteiger charge is 2.29. The number of aromatic nitrogens is 3. The molecule has 0 amide bonds. The highest BCUT2D eigenvalue weighted by atomic mass is 14.9. The molecular weight excluding hydrogens is 306 g/mol. The van der Waals surface area contributed by atoms with Gasteiger partial charge in [-0.25, -0.2) is 15.0 Å². The summed E-state index contributed by atoms with van der Waals surface area (Å²) in [6, 6.07) is 16.5. The SMILES string of the molecule is Cc1cccc(-c2nc3c(c(-c4ccccc4)n2)CC(C)(C)CC3)n1. The van der Waals surface area contributed by atoms with Gasteiger partial charge in [-0.1, -0.05) is 50.2 Å². The van der Waals surface area contributed by atoms with Crippen molar-refractivity contribution in [2.45, 2.75) is 40.0 Å². The Balaban J connectivity index is 1.92. The molecule has 3 heteroatoms. The van der Waals surface area contributed by atoms with Gasteiger partial charge in [-0.2, -0.15) is 0 Å². The minimum atomic E-state index is 0.295. The van der Waals surface area contributed by atoms with Crippen LogP contribution in [0.25, 0.3) is 22.8 Å². The van der Waals surface area contributed by atoms with Crippen LogP contribution in [-0.4, -0.2) is 15.0 Å². The molecule has 0 aliphatic heterocycles. The van der Waals surface area contributed by atoms with E-state index in [2.05, 4.69) is 43.1 Å². The Bertz CT molecular complexity index is 914. The maximum atomic E-state index is 4.96. The first-order chi connectivity index (χ1) is 12.0. The van der Waals surface area contributed by atoms with Crippen molar-refractivity contribution in [1.82, 2.24) is 15.0 Å². The van der Waals surface area contributed by atoms with Crippen LogP contribution in [0, 0.1) is 12.3 Å². The summed E-state index contributed by atoms with van der Waals surface area (Å²) in [7, 11) is 0. The molecule has 3 aromatic rings. The van der Waals surface area contributed by atoms with Gasteiger partial charge in [0.25, 0.3) is 0 Å². The van der Waals surface area contributed by atoms with Crippen molar-refractivity contribution in [3.05, 3.63) is 65.5 Å². The highest BCUT2D eigenvalue weighted by molar-refractivity contribution is 5.67. The van der Waals surface area contributed by atoms with Gasteiger partial charge in [0.2, 0.25) is 0 Å². The van der Waals surface area contributed by atoms with Crippen molar-refractivity contribution in [2.75, 3.05) is 0 Å². The second-order valence-corrected chi connectivity index (χ2v) is 7.69. The van der Waals surface area contributed by atoms with Crippen LogP contribution in [0.4, 0.5) is 0 Å². The van der Waals surface area contributed by atoms with Crippen molar-refractivity contribution in [1.29, 1.82) is 0 Å². The van der Waals surface area contributed by atoms with Crippen LogP contribution >= 0.6 is 0 Å². The van der Waals surface area contributed by atoms with E-state index >= 15 is 0 Å². The Labute approximate surface area is 149 Å². The van der Waals surface area contributed by atoms with Gasteiger partial charge in [0, 0.05) is 22.5 Å². The zero-order chi connectivity index (χ0) is 17.4. The number of fused-ring (bicyclic) bond motifs is 1. The fourth-order valence-electron chi connectivity index (χ4n) is 3.56. The van der Waals surface area contributed by atoms with Crippen molar-refractivity contribution < 1.29 is 0 Å². The third kappa shape index (κ3) is 3.19. The number of hydrogen-bond donors (Lipinski definition) is 0. The molecule has 0 saturated carbocycles. The Morgan fingerprint density at radius 2 is 1.68 bits per heavy atom. The predicted molar refractivity (Wildman–Crippen MR) is 101 cm³/mol. The first-order valence-electron chi connectivity index (χ1n) is 8.91. The Kier molecular flexibility index (Phi) is 3.87. The number of nitrogens with zero attached hydrogens (tertiary/aromatic N) is 3. The van der Waals surface area contributed by atoms with Gasteiger partial charge in [-0.3, -0.25) is 0 Å². The van der Waals surface area contributed by atoms with E-state index in [0.717, 1.165) is 47.7 Å². The molecule has 0 unspecified atom stereocenters. The minimum Gasteiger partial charge on any atom is -0.250 e. The first-order valence-corrected chi connectivity index (χ1v) is 8.91. The van der Waals surface area contributed by atoms with Crippen molar-refractivity contribution >= 4 is 0 Å². The smallest absolute Gasteiger partial charge is 0.178 e. The van der Waals surface area contributed by atoms with Crippen LogP contribution in [0.2, 0.25) is 0 Å². The minimum absolute atomic E-state index is 0.295. The van der Waals surface area contributed by atoms with E-state index < -0.39 is 0 Å². The fraction of sp³-hybridized carbons (Fsp3) is 0.318. The van der Waals surface area contributed by atoms with Gasteiger partial charge in [0.15, 0.2) is 5.82 Å². The fourth-order valence-corrected chi connectivity index (χ4v) is 3.56. The van der Waals surface area contributed by atoms with E-state index in [4.69, 9.17) is 9.97 Å². The molecule has 0 N–H and O–H groups in total. The number of rotatable bonds is 2. The van der Waals surface area contributed by atoms with Gasteiger partial charge < -0.3 is 0 Å². The van der Waals surface area contributed by atoms with E-state index in [-0.39, 0.29) is 0 Å². The first kappa shape index (κ1) is 15.9. The zero-order valence-corrected chi connectivity index (χ0v) is 15.1. The maximum Gasteiger partial charge on any atom is 0.178 e. The average molecular weight is 329 g/mol. The quantitative estimate of drug-likeness (QED) is 0.662. The second kappa shape index (κ2) is 6.07. The molecular formula is C22H23N3. The van der Waals surface area contributed by atoms with Gasteiger partial charge in [-0.15, -0.1) is 0 Å². The molecule has 126 valence electrons. The maximum absolute atomic E-state index is 4.96. The topological polar surface area (TPSA) is 38.7 Å². The third-order valence-corrected chi connectivity index (χ3v) is 4.95. The summed E-state index contributed by atoms with van der Waals surface area (Å²) in [6.07, 6.45) is 3.18. The van der Waals surface area contributed by atoms with E-state index in [1.54, 1.807) is 0 Å². The van der Waals surface area contributed by atoms with Gasteiger partial charge >= 0.3 is 0 Å². The molecule has 1 aliphatic carbocycles. The molecule has 0 atom stereocenters. The molecule has 3 nitrogen and oxygen atoms in total. The van der Waals surface area contributed by atoms with Crippen LogP contribution < -0.4 is 0 Å². The Morgan fingerprint density at radius 3 is 2.44 bits per heavy atom. The van der Waals surface area contributed by atoms with Gasteiger partial charge in [0.1, 0.15) is 5.69 Å². The van der Waals surface area contributed by atoms with Crippen LogP contribution in [-0.2, 0) is 12.8 Å². The standard InChI is InChI=1S/C22H23N3/c1-15-8-7-11-19(23-15)21-24-18-12-13-22(2,3)14-17(18)20(25-21)16-9-5-4-6-10-16/h4-11H,12-14H2,1-3H3. The molecule has 1 aromatic carbocycles. The molecule has 0 fully saturated rings. The molecule has 0 spiro atoms. The van der Waals surface area contributed by atoms with Crippen molar-refractivity contribution in [2.24, 2.45) is 5.41 Å².